The lowest BCUT2D eigenvalue weighted by molar-refractivity contribution is 0.240. The van der Waals surface area contributed by atoms with Crippen molar-refractivity contribution in [1.82, 2.24) is 10.6 Å². The quantitative estimate of drug-likeness (QED) is 0.822. The van der Waals surface area contributed by atoms with Gasteiger partial charge in [0.2, 0.25) is 0 Å². The fourth-order valence-electron chi connectivity index (χ4n) is 2.22. The van der Waals surface area contributed by atoms with Gasteiger partial charge in [0.15, 0.2) is 0 Å². The Morgan fingerprint density at radius 3 is 2.88 bits per heavy atom. The Kier molecular flexibility index (Phi) is 4.02. The van der Waals surface area contributed by atoms with Crippen LogP contribution >= 0.6 is 0 Å². The van der Waals surface area contributed by atoms with Gasteiger partial charge in [0.05, 0.1) is 0 Å². The standard InChI is InChI=1S/C14H20N2O/c1-2-8-15-14(17)16-10-11-6-7-12-4-3-5-13(12)9-11/h6-7,9H,2-5,8,10H2,1H3,(H2,15,16,17). The predicted octanol–water partition coefficient (Wildman–Crippen LogP) is 2.38. The van der Waals surface area contributed by atoms with Crippen LogP contribution in [0.15, 0.2) is 18.2 Å². The Labute approximate surface area is 103 Å². The molecule has 92 valence electrons. The van der Waals surface area contributed by atoms with Gasteiger partial charge < -0.3 is 10.6 Å². The summed E-state index contributed by atoms with van der Waals surface area (Å²) in [6, 6.07) is 6.46. The third-order valence-electron chi connectivity index (χ3n) is 3.15. The normalized spacial score (nSPS) is 13.2. The summed E-state index contributed by atoms with van der Waals surface area (Å²) in [6.07, 6.45) is 4.63. The third-order valence-corrected chi connectivity index (χ3v) is 3.15. The van der Waals surface area contributed by atoms with Crippen LogP contribution in [0, 0.1) is 0 Å². The van der Waals surface area contributed by atoms with E-state index in [1.807, 2.05) is 6.92 Å². The van der Waals surface area contributed by atoms with E-state index in [0.29, 0.717) is 6.54 Å². The van der Waals surface area contributed by atoms with Crippen molar-refractivity contribution in [1.29, 1.82) is 0 Å². The summed E-state index contributed by atoms with van der Waals surface area (Å²) in [4.78, 5) is 11.4. The Balaban J connectivity index is 1.85. The van der Waals surface area contributed by atoms with Gasteiger partial charge in [-0.3, -0.25) is 0 Å². The zero-order valence-corrected chi connectivity index (χ0v) is 10.4. The smallest absolute Gasteiger partial charge is 0.315 e. The van der Waals surface area contributed by atoms with E-state index >= 15 is 0 Å². The SMILES string of the molecule is CCCNC(=O)NCc1ccc2c(c1)CCC2. The lowest BCUT2D eigenvalue weighted by Crippen LogP contribution is -2.35. The molecule has 3 heteroatoms. The van der Waals surface area contributed by atoms with Crippen LogP contribution in [-0.2, 0) is 19.4 Å². The van der Waals surface area contributed by atoms with Crippen LogP contribution in [0.1, 0.15) is 36.5 Å². The van der Waals surface area contributed by atoms with Crippen molar-refractivity contribution in [2.24, 2.45) is 0 Å². The molecule has 0 unspecified atom stereocenters. The van der Waals surface area contributed by atoms with Crippen LogP contribution in [-0.4, -0.2) is 12.6 Å². The van der Waals surface area contributed by atoms with Crippen LogP contribution in [0.25, 0.3) is 0 Å². The fraction of sp³-hybridized carbons (Fsp3) is 0.500. The van der Waals surface area contributed by atoms with Gasteiger partial charge in [0.25, 0.3) is 0 Å². The van der Waals surface area contributed by atoms with Gasteiger partial charge >= 0.3 is 6.03 Å². The summed E-state index contributed by atoms with van der Waals surface area (Å²) in [5.41, 5.74) is 4.12. The van der Waals surface area contributed by atoms with Crippen LogP contribution in [0.2, 0.25) is 0 Å². The summed E-state index contributed by atoms with van der Waals surface area (Å²) >= 11 is 0. The van der Waals surface area contributed by atoms with E-state index in [0.717, 1.165) is 13.0 Å². The van der Waals surface area contributed by atoms with Gasteiger partial charge in [-0.15, -0.1) is 0 Å². The van der Waals surface area contributed by atoms with Crippen molar-refractivity contribution >= 4 is 6.03 Å². The molecule has 17 heavy (non-hydrogen) atoms. The second kappa shape index (κ2) is 5.71. The van der Waals surface area contributed by atoms with Crippen LogP contribution in [0.3, 0.4) is 0 Å². The van der Waals surface area contributed by atoms with E-state index < -0.39 is 0 Å². The molecule has 1 aliphatic carbocycles. The first kappa shape index (κ1) is 12.0. The number of urea groups is 1. The van der Waals surface area contributed by atoms with Crippen molar-refractivity contribution in [3.8, 4) is 0 Å². The van der Waals surface area contributed by atoms with Gasteiger partial charge in [0.1, 0.15) is 0 Å². The Hall–Kier alpha value is -1.51. The van der Waals surface area contributed by atoms with E-state index in [4.69, 9.17) is 0 Å². The van der Waals surface area contributed by atoms with E-state index in [1.54, 1.807) is 0 Å². The zero-order valence-electron chi connectivity index (χ0n) is 10.4. The number of nitrogens with one attached hydrogen (secondary N) is 2. The molecule has 0 bridgehead atoms. The molecule has 0 radical (unpaired) electrons. The number of aryl methyl sites for hydroxylation is 2. The molecule has 2 N–H and O–H groups in total. The third kappa shape index (κ3) is 3.22. The predicted molar refractivity (Wildman–Crippen MR) is 69.0 cm³/mol. The van der Waals surface area contributed by atoms with Crippen LogP contribution < -0.4 is 10.6 Å². The van der Waals surface area contributed by atoms with E-state index in [-0.39, 0.29) is 6.03 Å². The van der Waals surface area contributed by atoms with E-state index in [9.17, 15) is 4.79 Å². The van der Waals surface area contributed by atoms with E-state index in [2.05, 4.69) is 28.8 Å². The maximum Gasteiger partial charge on any atom is 0.315 e. The van der Waals surface area contributed by atoms with Crippen molar-refractivity contribution in [2.75, 3.05) is 6.54 Å². The molecule has 0 atom stereocenters. The average molecular weight is 232 g/mol. The number of carbonyl (C=O) groups is 1. The molecule has 0 fully saturated rings. The molecule has 0 saturated heterocycles. The van der Waals surface area contributed by atoms with Crippen molar-refractivity contribution in [3.63, 3.8) is 0 Å². The summed E-state index contributed by atoms with van der Waals surface area (Å²) in [7, 11) is 0. The topological polar surface area (TPSA) is 41.1 Å². The highest BCUT2D eigenvalue weighted by Gasteiger charge is 2.10. The largest absolute Gasteiger partial charge is 0.338 e. The highest BCUT2D eigenvalue weighted by atomic mass is 16.2. The molecular formula is C14H20N2O. The first-order valence-electron chi connectivity index (χ1n) is 6.42. The van der Waals surface area contributed by atoms with E-state index in [1.165, 1.54) is 36.0 Å². The molecular weight excluding hydrogens is 212 g/mol. The molecule has 0 aromatic heterocycles. The monoisotopic (exact) mass is 232 g/mol. The Bertz CT molecular complexity index is 401. The molecule has 3 nitrogen and oxygen atoms in total. The van der Waals surface area contributed by atoms with Gasteiger partial charge in [0, 0.05) is 13.1 Å². The van der Waals surface area contributed by atoms with Gasteiger partial charge in [-0.25, -0.2) is 4.79 Å². The second-order valence-electron chi connectivity index (χ2n) is 4.57. The minimum Gasteiger partial charge on any atom is -0.338 e. The molecule has 0 heterocycles. The number of benzene rings is 1. The molecule has 0 spiro atoms. The number of hydrogen-bond acceptors (Lipinski definition) is 1. The first-order valence-corrected chi connectivity index (χ1v) is 6.42. The lowest BCUT2D eigenvalue weighted by atomic mass is 10.1. The van der Waals surface area contributed by atoms with Gasteiger partial charge in [-0.2, -0.15) is 0 Å². The minimum atomic E-state index is -0.0765. The Morgan fingerprint density at radius 2 is 2.06 bits per heavy atom. The first-order chi connectivity index (χ1) is 8.29. The average Bonchev–Trinajstić information content (AvgIpc) is 2.81. The highest BCUT2D eigenvalue weighted by Crippen LogP contribution is 2.22. The van der Waals surface area contributed by atoms with Crippen molar-refractivity contribution in [3.05, 3.63) is 34.9 Å². The van der Waals surface area contributed by atoms with Crippen LogP contribution in [0.5, 0.6) is 0 Å². The van der Waals surface area contributed by atoms with Crippen LogP contribution in [0.4, 0.5) is 4.79 Å². The highest BCUT2D eigenvalue weighted by molar-refractivity contribution is 5.73. The van der Waals surface area contributed by atoms with Gasteiger partial charge in [-0.1, -0.05) is 25.1 Å². The summed E-state index contributed by atoms with van der Waals surface area (Å²) in [5.74, 6) is 0. The lowest BCUT2D eigenvalue weighted by Gasteiger charge is -2.08. The number of hydrogen-bond donors (Lipinski definition) is 2. The number of carbonyl (C=O) groups excluding carboxylic acids is 1. The minimum absolute atomic E-state index is 0.0765. The van der Waals surface area contributed by atoms with Crippen molar-refractivity contribution in [2.45, 2.75) is 39.2 Å². The molecule has 2 rings (SSSR count). The summed E-state index contributed by atoms with van der Waals surface area (Å²) in [6.45, 7) is 3.39. The molecule has 1 aromatic rings. The molecule has 0 saturated carbocycles. The molecule has 2 amide bonds. The summed E-state index contributed by atoms with van der Waals surface area (Å²) in [5, 5.41) is 5.68. The Morgan fingerprint density at radius 1 is 1.24 bits per heavy atom. The van der Waals surface area contributed by atoms with Crippen molar-refractivity contribution < 1.29 is 4.79 Å². The summed E-state index contributed by atoms with van der Waals surface area (Å²) < 4.78 is 0. The number of amides is 2. The van der Waals surface area contributed by atoms with Gasteiger partial charge in [-0.05, 0) is 42.4 Å². The molecule has 1 aliphatic rings. The maximum atomic E-state index is 11.4. The number of rotatable bonds is 4. The second-order valence-corrected chi connectivity index (χ2v) is 4.57. The fourth-order valence-corrected chi connectivity index (χ4v) is 2.22. The number of fused-ring (bicyclic) bond motifs is 1. The maximum absolute atomic E-state index is 11.4. The zero-order chi connectivity index (χ0) is 12.1. The molecule has 1 aromatic carbocycles. The molecule has 0 aliphatic heterocycles.